The van der Waals surface area contributed by atoms with E-state index in [1.165, 1.54) is 7.11 Å². The smallest absolute Gasteiger partial charge is 0.139 e. The maximum Gasteiger partial charge on any atom is 0.139 e. The van der Waals surface area contributed by atoms with Crippen LogP contribution in [-0.4, -0.2) is 13.7 Å². The van der Waals surface area contributed by atoms with Gasteiger partial charge in [0, 0.05) is 6.07 Å². The Morgan fingerprint density at radius 2 is 2.14 bits per heavy atom. The van der Waals surface area contributed by atoms with Gasteiger partial charge in [0.1, 0.15) is 12.3 Å². The van der Waals surface area contributed by atoms with Crippen LogP contribution in [0, 0.1) is 11.3 Å². The van der Waals surface area contributed by atoms with Crippen molar-refractivity contribution in [3.63, 3.8) is 0 Å². The molecule has 1 aromatic carbocycles. The average molecular weight is 231 g/mol. The normalized spacial score (nSPS) is 9.29. The van der Waals surface area contributed by atoms with E-state index < -0.39 is 0 Å². The summed E-state index contributed by atoms with van der Waals surface area (Å²) in [6, 6.07) is 5.17. The number of halogens is 2. The van der Waals surface area contributed by atoms with Crippen LogP contribution in [0.2, 0.25) is 10.0 Å². The molecule has 0 saturated carbocycles. The number of rotatable bonds is 3. The molecule has 0 radical (unpaired) electrons. The Bertz CT molecular complexity index is 374. The van der Waals surface area contributed by atoms with Gasteiger partial charge in [0.05, 0.1) is 28.9 Å². The van der Waals surface area contributed by atoms with Crippen molar-refractivity contribution in [2.24, 2.45) is 0 Å². The highest BCUT2D eigenvalue weighted by atomic mass is 35.5. The van der Waals surface area contributed by atoms with Crippen LogP contribution in [-0.2, 0) is 0 Å². The number of hydrogen-bond acceptors (Lipinski definition) is 3. The summed E-state index contributed by atoms with van der Waals surface area (Å²) in [4.78, 5) is 0. The van der Waals surface area contributed by atoms with Crippen LogP contribution in [0.1, 0.15) is 0 Å². The van der Waals surface area contributed by atoms with Crippen LogP contribution in [0.3, 0.4) is 0 Å². The third-order valence-corrected chi connectivity index (χ3v) is 2.21. The lowest BCUT2D eigenvalue weighted by molar-refractivity contribution is 0.415. The van der Waals surface area contributed by atoms with Crippen molar-refractivity contribution in [2.75, 3.05) is 19.0 Å². The second kappa shape index (κ2) is 4.94. The number of ether oxygens (including phenoxy) is 1. The Morgan fingerprint density at radius 1 is 1.43 bits per heavy atom. The average Bonchev–Trinajstić information content (AvgIpc) is 2.18. The number of nitriles is 1. The van der Waals surface area contributed by atoms with Crippen molar-refractivity contribution in [1.82, 2.24) is 0 Å². The first-order valence-electron chi connectivity index (χ1n) is 3.83. The van der Waals surface area contributed by atoms with Gasteiger partial charge in [-0.15, -0.1) is 0 Å². The number of methoxy groups -OCH3 is 1. The summed E-state index contributed by atoms with van der Waals surface area (Å²) in [6.45, 7) is 0.183. The molecule has 0 atom stereocenters. The summed E-state index contributed by atoms with van der Waals surface area (Å²) in [6.07, 6.45) is 0. The standard InChI is InChI=1S/C9H8Cl2N2O/c1-14-9-5-6(10)8(4-7(9)11)13-3-2-12/h4-5,13H,3H2,1H3. The molecule has 0 bridgehead atoms. The van der Waals surface area contributed by atoms with Gasteiger partial charge >= 0.3 is 0 Å². The monoisotopic (exact) mass is 230 g/mol. The molecule has 0 unspecified atom stereocenters. The van der Waals surface area contributed by atoms with Crippen molar-refractivity contribution in [2.45, 2.75) is 0 Å². The zero-order chi connectivity index (χ0) is 10.6. The van der Waals surface area contributed by atoms with Crippen molar-refractivity contribution >= 4 is 28.9 Å². The Morgan fingerprint density at radius 3 is 2.71 bits per heavy atom. The van der Waals surface area contributed by atoms with Crippen LogP contribution >= 0.6 is 23.2 Å². The summed E-state index contributed by atoms with van der Waals surface area (Å²) in [5.74, 6) is 0.513. The summed E-state index contributed by atoms with van der Waals surface area (Å²) in [7, 11) is 1.51. The minimum atomic E-state index is 0.183. The van der Waals surface area contributed by atoms with Gasteiger partial charge in [-0.25, -0.2) is 0 Å². The number of anilines is 1. The Hall–Kier alpha value is -1.11. The van der Waals surface area contributed by atoms with Crippen LogP contribution in [0.25, 0.3) is 0 Å². The van der Waals surface area contributed by atoms with Gasteiger partial charge in [0.2, 0.25) is 0 Å². The summed E-state index contributed by atoms with van der Waals surface area (Å²) >= 11 is 11.8. The predicted molar refractivity (Wildman–Crippen MR) is 57.1 cm³/mol. The Labute approximate surface area is 92.2 Å². The zero-order valence-corrected chi connectivity index (χ0v) is 8.99. The Balaban J connectivity index is 2.97. The molecule has 0 aliphatic carbocycles. The lowest BCUT2D eigenvalue weighted by atomic mass is 10.3. The summed E-state index contributed by atoms with van der Waals surface area (Å²) in [5.41, 5.74) is 0.624. The predicted octanol–water partition coefficient (Wildman–Crippen LogP) is 2.94. The fourth-order valence-electron chi connectivity index (χ4n) is 0.955. The van der Waals surface area contributed by atoms with E-state index in [0.717, 1.165) is 0 Å². The Kier molecular flexibility index (Phi) is 3.87. The van der Waals surface area contributed by atoms with Crippen molar-refractivity contribution in [3.05, 3.63) is 22.2 Å². The van der Waals surface area contributed by atoms with Crippen molar-refractivity contribution < 1.29 is 4.74 Å². The highest BCUT2D eigenvalue weighted by molar-refractivity contribution is 6.36. The SMILES string of the molecule is COc1cc(Cl)c(NCC#N)cc1Cl. The van der Waals surface area contributed by atoms with E-state index in [-0.39, 0.29) is 6.54 Å². The number of benzene rings is 1. The van der Waals surface area contributed by atoms with Crippen LogP contribution in [0.15, 0.2) is 12.1 Å². The molecule has 1 rings (SSSR count). The van der Waals surface area contributed by atoms with Crippen molar-refractivity contribution in [1.29, 1.82) is 5.26 Å². The number of hydrogen-bond donors (Lipinski definition) is 1. The van der Waals surface area contributed by atoms with Crippen LogP contribution in [0.5, 0.6) is 5.75 Å². The van der Waals surface area contributed by atoms with Gasteiger partial charge in [-0.3, -0.25) is 0 Å². The molecule has 0 aliphatic heterocycles. The summed E-state index contributed by atoms with van der Waals surface area (Å²) in [5, 5.41) is 12.1. The van der Waals surface area contributed by atoms with E-state index in [9.17, 15) is 0 Å². The van der Waals surface area contributed by atoms with E-state index in [1.807, 2.05) is 6.07 Å². The first kappa shape index (κ1) is 11.0. The van der Waals surface area contributed by atoms with E-state index in [2.05, 4.69) is 5.32 Å². The molecule has 1 aromatic rings. The fourth-order valence-corrected chi connectivity index (χ4v) is 1.42. The van der Waals surface area contributed by atoms with Crippen LogP contribution in [0.4, 0.5) is 5.69 Å². The second-order valence-corrected chi connectivity index (χ2v) is 3.29. The van der Waals surface area contributed by atoms with Gasteiger partial charge < -0.3 is 10.1 Å². The third kappa shape index (κ3) is 2.44. The highest BCUT2D eigenvalue weighted by Crippen LogP contribution is 2.33. The van der Waals surface area contributed by atoms with Gasteiger partial charge in [-0.05, 0) is 6.07 Å². The van der Waals surface area contributed by atoms with E-state index in [4.69, 9.17) is 33.2 Å². The summed E-state index contributed by atoms with van der Waals surface area (Å²) < 4.78 is 4.98. The van der Waals surface area contributed by atoms with E-state index in [1.54, 1.807) is 12.1 Å². The third-order valence-electron chi connectivity index (χ3n) is 1.60. The molecule has 0 amide bonds. The quantitative estimate of drug-likeness (QED) is 0.813. The molecule has 0 heterocycles. The molecule has 0 fully saturated rings. The van der Waals surface area contributed by atoms with Gasteiger partial charge in [0.15, 0.2) is 0 Å². The van der Waals surface area contributed by atoms with Gasteiger partial charge in [-0.2, -0.15) is 5.26 Å². The molecule has 5 heteroatoms. The lowest BCUT2D eigenvalue weighted by Crippen LogP contribution is -1.99. The molecular weight excluding hydrogens is 223 g/mol. The molecule has 14 heavy (non-hydrogen) atoms. The first-order chi connectivity index (χ1) is 6.69. The fraction of sp³-hybridized carbons (Fsp3) is 0.222. The lowest BCUT2D eigenvalue weighted by Gasteiger charge is -2.08. The first-order valence-corrected chi connectivity index (χ1v) is 4.58. The molecule has 0 spiro atoms. The molecule has 0 aromatic heterocycles. The minimum absolute atomic E-state index is 0.183. The van der Waals surface area contributed by atoms with Gasteiger partial charge in [-0.1, -0.05) is 23.2 Å². The molecule has 0 saturated heterocycles. The van der Waals surface area contributed by atoms with Gasteiger partial charge in [0.25, 0.3) is 0 Å². The maximum absolute atomic E-state index is 8.38. The molecule has 3 nitrogen and oxygen atoms in total. The topological polar surface area (TPSA) is 45.0 Å². The molecule has 0 aliphatic rings. The van der Waals surface area contributed by atoms with E-state index >= 15 is 0 Å². The highest BCUT2D eigenvalue weighted by Gasteiger charge is 2.06. The second-order valence-electron chi connectivity index (χ2n) is 2.48. The molecule has 1 N–H and O–H groups in total. The minimum Gasteiger partial charge on any atom is -0.495 e. The maximum atomic E-state index is 8.38. The number of nitrogens with one attached hydrogen (secondary N) is 1. The number of nitrogens with zero attached hydrogens (tertiary/aromatic N) is 1. The largest absolute Gasteiger partial charge is 0.495 e. The van der Waals surface area contributed by atoms with E-state index in [0.29, 0.717) is 21.5 Å². The molecule has 74 valence electrons. The zero-order valence-electron chi connectivity index (χ0n) is 7.47. The van der Waals surface area contributed by atoms with Crippen molar-refractivity contribution in [3.8, 4) is 11.8 Å². The molecular formula is C9H8Cl2N2O. The van der Waals surface area contributed by atoms with Crippen LogP contribution < -0.4 is 10.1 Å².